The van der Waals surface area contributed by atoms with E-state index in [9.17, 15) is 24.0 Å². The summed E-state index contributed by atoms with van der Waals surface area (Å²) >= 11 is 9.97. The number of hydrogen-bond donors (Lipinski definition) is 0. The number of thioether (sulfide) groups is 1. The van der Waals surface area contributed by atoms with Crippen LogP contribution in [0.5, 0.6) is 23.0 Å². The molecule has 3 aromatic carbocycles. The minimum Gasteiger partial charge on any atom is -0.539 e. The zero-order valence-electron chi connectivity index (χ0n) is 44.2. The molecule has 8 rings (SSSR count). The molecule has 3 atom stereocenters. The van der Waals surface area contributed by atoms with Crippen LogP contribution in [0.4, 0.5) is 0 Å². The Morgan fingerprint density at radius 1 is 0.895 bits per heavy atom. The summed E-state index contributed by atoms with van der Waals surface area (Å²) in [4.78, 5) is 83.3. The van der Waals surface area contributed by atoms with Gasteiger partial charge < -0.3 is 42.6 Å². The molecule has 5 heterocycles. The molecule has 3 fully saturated rings. The van der Waals surface area contributed by atoms with E-state index >= 15 is 0 Å². The number of carbonyl (C=O) groups is 5. The summed E-state index contributed by atoms with van der Waals surface area (Å²) in [6.45, 7) is 13.4. The molecule has 17 nitrogen and oxygen atoms in total. The summed E-state index contributed by atoms with van der Waals surface area (Å²) in [5, 5.41) is 6.06. The number of ketones is 1. The smallest absolute Gasteiger partial charge is 0.378 e. The third-order valence-electron chi connectivity index (χ3n) is 13.9. The number of benzene rings is 3. The Bertz CT molecular complexity index is 2880. The van der Waals surface area contributed by atoms with Gasteiger partial charge in [0.05, 0.1) is 66.8 Å². The van der Waals surface area contributed by atoms with Gasteiger partial charge in [0.1, 0.15) is 48.2 Å². The lowest BCUT2D eigenvalue weighted by Crippen LogP contribution is -2.63. The molecule has 4 aromatic rings. The van der Waals surface area contributed by atoms with Crippen molar-refractivity contribution in [3.63, 3.8) is 0 Å². The maximum Gasteiger partial charge on any atom is 0.378 e. The highest BCUT2D eigenvalue weighted by molar-refractivity contribution is 8.00. The van der Waals surface area contributed by atoms with Crippen molar-refractivity contribution in [2.45, 2.75) is 109 Å². The number of methoxy groups -OCH3 is 2. The van der Waals surface area contributed by atoms with E-state index in [0.717, 1.165) is 55.6 Å². The SMILES string of the molecule is [B]OC(=O)C1=C(C[N+]2(CC3CCCN3C(=O)c3ccc(OCc4ccc(OC)cc4)c(OCc4ccc(OC)cc4)c3Cl)CCCC2)CS[C@@H]2[C@H](CC(=O)/C(=N\OC(C)(C)C(=O)OC(C)(C)C)c3csc(C)n3)C(=O)N12. The first-order valence-electron chi connectivity index (χ1n) is 25.3. The Hall–Kier alpha value is -6.09. The summed E-state index contributed by atoms with van der Waals surface area (Å²) in [6.07, 6.45) is 3.16. The van der Waals surface area contributed by atoms with Crippen LogP contribution in [0.3, 0.4) is 0 Å². The van der Waals surface area contributed by atoms with E-state index in [1.165, 1.54) is 41.8 Å². The Labute approximate surface area is 458 Å². The number of aromatic nitrogens is 1. The molecular formula is C55H64BClN5O12S2+. The molecule has 3 saturated heterocycles. The zero-order chi connectivity index (χ0) is 54.5. The molecular weight excluding hydrogens is 1030 g/mol. The molecule has 402 valence electrons. The third kappa shape index (κ3) is 12.7. The molecule has 4 aliphatic rings. The number of thiazole rings is 1. The Morgan fingerprint density at radius 2 is 1.54 bits per heavy atom. The molecule has 0 spiro atoms. The van der Waals surface area contributed by atoms with Crippen molar-refractivity contribution < 1.29 is 61.6 Å². The molecule has 4 aliphatic heterocycles. The van der Waals surface area contributed by atoms with Crippen LogP contribution in [0.1, 0.15) is 98.9 Å². The van der Waals surface area contributed by atoms with Crippen molar-refractivity contribution in [1.82, 2.24) is 14.8 Å². The van der Waals surface area contributed by atoms with Gasteiger partial charge in [-0.2, -0.15) is 0 Å². The fraction of sp³-hybridized carbons (Fsp3) is 0.473. The van der Waals surface area contributed by atoms with Crippen LogP contribution in [-0.4, -0.2) is 138 Å². The quantitative estimate of drug-likeness (QED) is 0.0194. The number of amides is 2. The molecule has 0 saturated carbocycles. The van der Waals surface area contributed by atoms with Crippen molar-refractivity contribution in [2.24, 2.45) is 11.1 Å². The van der Waals surface area contributed by atoms with Crippen LogP contribution in [0.2, 0.25) is 5.02 Å². The number of esters is 1. The van der Waals surface area contributed by atoms with Gasteiger partial charge in [-0.15, -0.1) is 23.1 Å². The zero-order valence-corrected chi connectivity index (χ0v) is 46.6. The van der Waals surface area contributed by atoms with Crippen LogP contribution in [0.25, 0.3) is 0 Å². The summed E-state index contributed by atoms with van der Waals surface area (Å²) in [5.41, 5.74) is 0.589. The minimum atomic E-state index is -1.56. The van der Waals surface area contributed by atoms with Gasteiger partial charge in [0.15, 0.2) is 23.0 Å². The molecule has 2 radical (unpaired) electrons. The topological polar surface area (TPSA) is 182 Å². The molecule has 0 aliphatic carbocycles. The molecule has 0 bridgehead atoms. The average molecular weight is 1100 g/mol. The van der Waals surface area contributed by atoms with Crippen LogP contribution >= 0.6 is 34.7 Å². The second-order valence-corrected chi connectivity index (χ2v) is 23.5. The molecule has 0 N–H and O–H groups in total. The minimum absolute atomic E-state index is 0.0819. The van der Waals surface area contributed by atoms with Crippen molar-refractivity contribution >= 4 is 78.0 Å². The predicted molar refractivity (Wildman–Crippen MR) is 289 cm³/mol. The van der Waals surface area contributed by atoms with Crippen molar-refractivity contribution in [3.05, 3.63) is 110 Å². The van der Waals surface area contributed by atoms with E-state index in [-0.39, 0.29) is 65.0 Å². The normalized spacial score (nSPS) is 19.4. The van der Waals surface area contributed by atoms with E-state index in [0.29, 0.717) is 51.9 Å². The number of ether oxygens (including phenoxy) is 5. The number of likely N-dealkylation sites (tertiary alicyclic amines) is 2. The lowest BCUT2D eigenvalue weighted by molar-refractivity contribution is -0.913. The Balaban J connectivity index is 0.996. The molecule has 76 heavy (non-hydrogen) atoms. The van der Waals surface area contributed by atoms with Crippen molar-refractivity contribution in [2.75, 3.05) is 52.7 Å². The van der Waals surface area contributed by atoms with Gasteiger partial charge in [-0.05, 0) is 102 Å². The van der Waals surface area contributed by atoms with Crippen LogP contribution in [0.15, 0.2) is 82.5 Å². The predicted octanol–water partition coefficient (Wildman–Crippen LogP) is 8.41. The van der Waals surface area contributed by atoms with Gasteiger partial charge in [-0.1, -0.05) is 41.0 Å². The van der Waals surface area contributed by atoms with Crippen LogP contribution in [0, 0.1) is 12.8 Å². The van der Waals surface area contributed by atoms with E-state index in [2.05, 4.69) is 10.1 Å². The summed E-state index contributed by atoms with van der Waals surface area (Å²) in [5.74, 6) is -1.09. The number of quaternary nitrogens is 1. The second kappa shape index (κ2) is 23.7. The van der Waals surface area contributed by atoms with Crippen LogP contribution in [-0.2, 0) is 46.6 Å². The monoisotopic (exact) mass is 1100 g/mol. The maximum atomic E-state index is 14.8. The summed E-state index contributed by atoms with van der Waals surface area (Å²) in [6, 6.07) is 18.2. The lowest BCUT2D eigenvalue weighted by Gasteiger charge is -2.50. The molecule has 2 amide bonds. The van der Waals surface area contributed by atoms with Gasteiger partial charge in [-0.25, -0.2) is 14.6 Å². The number of nitrogens with zero attached hydrogens (tertiary/aromatic N) is 5. The summed E-state index contributed by atoms with van der Waals surface area (Å²) < 4.78 is 34.3. The Morgan fingerprint density at radius 3 is 2.13 bits per heavy atom. The highest BCUT2D eigenvalue weighted by Gasteiger charge is 2.55. The van der Waals surface area contributed by atoms with Gasteiger partial charge in [-0.3, -0.25) is 19.3 Å². The van der Waals surface area contributed by atoms with Crippen molar-refractivity contribution in [1.29, 1.82) is 0 Å². The van der Waals surface area contributed by atoms with Gasteiger partial charge >= 0.3 is 20.0 Å². The standard InChI is InChI=1S/C55H64BClN5O12S2/c1-33-58-42(32-75-33)46(59-74-55(5,6)53(67)72-54(2,3)4)43(63)26-41-50(65)61-47(52(66)73-56)36(31-76-51(41)61)27-62(24-9-10-25-62)28-37-12-11-23-60(37)49(64)40-21-22-44(70-29-34-13-17-38(68-7)18-14-34)48(45(40)57)71-30-35-15-19-39(69-8)20-16-35/h13-22,32,37,41,51H,9-12,23-31H2,1-8H3/q+1/b59-46-/t37?,41-,51-/m1/s1. The summed E-state index contributed by atoms with van der Waals surface area (Å²) in [7, 11) is 8.79. The number of carbonyl (C=O) groups excluding carboxylic acids is 5. The van der Waals surface area contributed by atoms with Gasteiger partial charge in [0.25, 0.3) is 5.91 Å². The fourth-order valence-electron chi connectivity index (χ4n) is 10.0. The molecule has 1 unspecified atom stereocenters. The highest BCUT2D eigenvalue weighted by Crippen LogP contribution is 2.47. The highest BCUT2D eigenvalue weighted by atomic mass is 35.5. The molecule has 21 heteroatoms. The Kier molecular flexibility index (Phi) is 17.5. The number of β-lactam (4-membered cyclic amide) rings is 1. The number of oxime groups is 1. The average Bonchev–Trinajstić information content (AvgIpc) is 4.18. The van der Waals surface area contributed by atoms with E-state index in [1.807, 2.05) is 53.4 Å². The van der Waals surface area contributed by atoms with Gasteiger partial charge in [0, 0.05) is 42.5 Å². The third-order valence-corrected chi connectivity index (χ3v) is 16.5. The first-order chi connectivity index (χ1) is 36.2. The number of aryl methyl sites for hydroxylation is 1. The van der Waals surface area contributed by atoms with Crippen LogP contribution < -0.4 is 18.9 Å². The molecule has 1 aromatic heterocycles. The van der Waals surface area contributed by atoms with E-state index in [4.69, 9.17) is 52.8 Å². The number of hydrogen-bond acceptors (Lipinski definition) is 16. The second-order valence-electron chi connectivity index (χ2n) is 21.0. The first kappa shape index (κ1) is 56.1. The van der Waals surface area contributed by atoms with Crippen molar-refractivity contribution in [3.8, 4) is 23.0 Å². The number of halogens is 1. The number of rotatable bonds is 21. The largest absolute Gasteiger partial charge is 0.539 e. The van der Waals surface area contributed by atoms with E-state index < -0.39 is 46.1 Å². The first-order valence-corrected chi connectivity index (χ1v) is 27.6. The van der Waals surface area contributed by atoms with Gasteiger partial charge in [0.2, 0.25) is 11.5 Å². The lowest BCUT2D eigenvalue weighted by atomic mass is 9.89. The number of fused-ring (bicyclic) bond motifs is 1. The van der Waals surface area contributed by atoms with E-state index in [1.54, 1.807) is 59.4 Å². The number of Topliss-reactive ketones (excluding diaryl/α,β-unsaturated/α-hetero) is 1. The fourth-order valence-corrected chi connectivity index (χ4v) is 12.3. The maximum absolute atomic E-state index is 14.8.